The molecule has 8 nitrogen and oxygen atoms in total. The summed E-state index contributed by atoms with van der Waals surface area (Å²) in [7, 11) is -3.98. The molecular weight excluding hydrogens is 628 g/mol. The number of ether oxygens (including phenoxy) is 1. The first-order valence-corrected chi connectivity index (χ1v) is 14.9. The number of aliphatic hydroxyl groups is 1. The summed E-state index contributed by atoms with van der Waals surface area (Å²) < 4.78 is 118. The second-order valence-electron chi connectivity index (χ2n) is 9.95. The molecule has 0 atom stereocenters. The second-order valence-corrected chi connectivity index (χ2v) is 11.9. The number of sulfone groups is 1. The summed E-state index contributed by atoms with van der Waals surface area (Å²) in [5.74, 6) is -0.921. The van der Waals surface area contributed by atoms with E-state index in [1.165, 1.54) is 66.9 Å². The zero-order valence-corrected chi connectivity index (χ0v) is 24.5. The second kappa shape index (κ2) is 11.7. The first-order chi connectivity index (χ1) is 21.1. The Morgan fingerprint density at radius 1 is 0.978 bits per heavy atom. The molecule has 15 heteroatoms. The Morgan fingerprint density at radius 2 is 1.64 bits per heavy atom. The van der Waals surface area contributed by atoms with Crippen molar-refractivity contribution in [3.8, 4) is 45.1 Å². The maximum absolute atomic E-state index is 15.0. The number of hydrogen-bond acceptors (Lipinski definition) is 7. The van der Waals surface area contributed by atoms with Crippen LogP contribution in [-0.2, 0) is 22.6 Å². The van der Waals surface area contributed by atoms with Gasteiger partial charge < -0.3 is 18.8 Å². The van der Waals surface area contributed by atoms with E-state index in [0.29, 0.717) is 5.56 Å². The van der Waals surface area contributed by atoms with Crippen LogP contribution in [0, 0.1) is 19.7 Å². The van der Waals surface area contributed by atoms with Gasteiger partial charge in [-0.2, -0.15) is 22.0 Å². The van der Waals surface area contributed by atoms with Crippen LogP contribution in [-0.4, -0.2) is 40.9 Å². The van der Waals surface area contributed by atoms with E-state index >= 15 is 4.39 Å². The maximum Gasteiger partial charge on any atom is 0.434 e. The van der Waals surface area contributed by atoms with Crippen LogP contribution < -0.4 is 4.74 Å². The van der Waals surface area contributed by atoms with Crippen LogP contribution in [0.4, 0.5) is 26.3 Å². The van der Waals surface area contributed by atoms with E-state index in [4.69, 9.17) is 4.42 Å². The minimum atomic E-state index is -4.75. The average Bonchev–Trinajstić information content (AvgIpc) is 3.54. The number of alkyl halides is 5. The lowest BCUT2D eigenvalue weighted by molar-refractivity contribution is -0.141. The highest BCUT2D eigenvalue weighted by Gasteiger charge is 2.35. The normalized spacial score (nSPS) is 12.2. The lowest BCUT2D eigenvalue weighted by atomic mass is 9.97. The van der Waals surface area contributed by atoms with E-state index in [1.807, 2.05) is 0 Å². The maximum atomic E-state index is 15.0. The fourth-order valence-corrected chi connectivity index (χ4v) is 5.77. The fourth-order valence-electron chi connectivity index (χ4n) is 4.82. The lowest BCUT2D eigenvalue weighted by Gasteiger charge is -2.15. The highest BCUT2D eigenvalue weighted by Crippen LogP contribution is 2.40. The van der Waals surface area contributed by atoms with Crippen LogP contribution in [0.5, 0.6) is 5.75 Å². The molecule has 0 aliphatic rings. The lowest BCUT2D eigenvalue weighted by Crippen LogP contribution is -2.06. The van der Waals surface area contributed by atoms with Crippen LogP contribution in [0.15, 0.2) is 70.1 Å². The topological polar surface area (TPSA) is 107 Å². The first kappa shape index (κ1) is 31.8. The molecule has 0 saturated carbocycles. The Morgan fingerprint density at radius 3 is 2.22 bits per heavy atom. The van der Waals surface area contributed by atoms with Gasteiger partial charge in [-0.15, -0.1) is 0 Å². The Kier molecular flexibility index (Phi) is 8.27. The van der Waals surface area contributed by atoms with E-state index in [9.17, 15) is 35.5 Å². The van der Waals surface area contributed by atoms with Gasteiger partial charge in [0.05, 0.1) is 17.2 Å². The van der Waals surface area contributed by atoms with E-state index in [-0.39, 0.29) is 51.3 Å². The van der Waals surface area contributed by atoms with E-state index in [0.717, 1.165) is 18.5 Å². The molecular formula is C30H23F6N3O5S. The standard InChI is InChI=1S/C30H23F6N3O5S/c1-15-37-26(30(34,35)36)13-39(15)24-9-6-18(19-11-23(31)22(14-40)25(12-19)45(3,41)42)10-21(24)28-27(38-16(2)43-28)17-4-7-20(8-5-17)44-29(32)33/h4-13,29,40H,14H2,1-3H3. The summed E-state index contributed by atoms with van der Waals surface area (Å²) >= 11 is 0. The molecule has 0 fully saturated rings. The summed E-state index contributed by atoms with van der Waals surface area (Å²) in [4.78, 5) is 7.61. The van der Waals surface area contributed by atoms with Gasteiger partial charge in [-0.25, -0.2) is 22.8 Å². The zero-order valence-electron chi connectivity index (χ0n) is 23.7. The number of nitrogens with zero attached hydrogens (tertiary/aromatic N) is 3. The molecule has 236 valence electrons. The average molecular weight is 652 g/mol. The molecule has 0 spiro atoms. The highest BCUT2D eigenvalue weighted by molar-refractivity contribution is 7.90. The quantitative estimate of drug-likeness (QED) is 0.178. The Bertz CT molecular complexity index is 2000. The van der Waals surface area contributed by atoms with Gasteiger partial charge in [-0.3, -0.25) is 0 Å². The van der Waals surface area contributed by atoms with Gasteiger partial charge >= 0.3 is 12.8 Å². The van der Waals surface area contributed by atoms with Gasteiger partial charge in [0.2, 0.25) is 0 Å². The molecule has 0 unspecified atom stereocenters. The predicted molar refractivity (Wildman–Crippen MR) is 150 cm³/mol. The number of aryl methyl sites for hydroxylation is 2. The first-order valence-electron chi connectivity index (χ1n) is 13.0. The summed E-state index contributed by atoms with van der Waals surface area (Å²) in [6.45, 7) is -1.04. The monoisotopic (exact) mass is 651 g/mol. The number of halogens is 6. The number of rotatable bonds is 8. The molecule has 1 N–H and O–H groups in total. The number of hydrogen-bond donors (Lipinski definition) is 1. The van der Waals surface area contributed by atoms with Gasteiger partial charge in [0.1, 0.15) is 23.1 Å². The molecule has 0 radical (unpaired) electrons. The predicted octanol–water partition coefficient (Wildman–Crippen LogP) is 7.13. The minimum absolute atomic E-state index is 0.0275. The molecule has 2 aromatic heterocycles. The van der Waals surface area contributed by atoms with Crippen LogP contribution in [0.25, 0.3) is 39.4 Å². The van der Waals surface area contributed by atoms with Crippen molar-refractivity contribution in [2.24, 2.45) is 0 Å². The van der Waals surface area contributed by atoms with Gasteiger partial charge in [-0.05, 0) is 66.6 Å². The highest BCUT2D eigenvalue weighted by atomic mass is 32.2. The SMILES string of the molecule is Cc1nc(-c2ccc(OC(F)F)cc2)c(-c2cc(-c3cc(F)c(CO)c(S(C)(=O)=O)c3)ccc2-n2cc(C(F)(F)F)nc2C)o1. The fraction of sp³-hybridized carbons (Fsp3) is 0.200. The number of oxazole rings is 1. The minimum Gasteiger partial charge on any atom is -0.440 e. The summed E-state index contributed by atoms with van der Waals surface area (Å²) in [6, 6.07) is 12.0. The van der Waals surface area contributed by atoms with Crippen molar-refractivity contribution in [3.63, 3.8) is 0 Å². The van der Waals surface area contributed by atoms with Crippen molar-refractivity contribution in [3.05, 3.63) is 89.6 Å². The van der Waals surface area contributed by atoms with E-state index in [2.05, 4.69) is 14.7 Å². The van der Waals surface area contributed by atoms with Crippen molar-refractivity contribution in [2.45, 2.75) is 38.1 Å². The van der Waals surface area contributed by atoms with Crippen LogP contribution in [0.1, 0.15) is 23.0 Å². The molecule has 3 aromatic carbocycles. The summed E-state index contributed by atoms with van der Waals surface area (Å²) in [6.07, 6.45) is -3.09. The third kappa shape index (κ3) is 6.44. The number of aromatic nitrogens is 3. The van der Waals surface area contributed by atoms with Crippen molar-refractivity contribution < 1.29 is 49.0 Å². The van der Waals surface area contributed by atoms with Crippen LogP contribution in [0.3, 0.4) is 0 Å². The summed E-state index contributed by atoms with van der Waals surface area (Å²) in [5.41, 5.74) is -0.336. The van der Waals surface area contributed by atoms with Crippen LogP contribution >= 0.6 is 0 Å². The van der Waals surface area contributed by atoms with Gasteiger partial charge in [0.25, 0.3) is 0 Å². The molecule has 2 heterocycles. The Balaban J connectivity index is 1.76. The number of aliphatic hydroxyl groups excluding tert-OH is 1. The van der Waals surface area contributed by atoms with E-state index in [1.54, 1.807) is 0 Å². The van der Waals surface area contributed by atoms with E-state index < -0.39 is 51.2 Å². The third-order valence-electron chi connectivity index (χ3n) is 6.81. The molecule has 45 heavy (non-hydrogen) atoms. The molecule has 0 bridgehead atoms. The molecule has 5 rings (SSSR count). The van der Waals surface area contributed by atoms with Gasteiger partial charge in [0, 0.05) is 36.1 Å². The smallest absolute Gasteiger partial charge is 0.434 e. The Hall–Kier alpha value is -4.63. The van der Waals surface area contributed by atoms with Crippen molar-refractivity contribution in [2.75, 3.05) is 6.26 Å². The molecule has 5 aromatic rings. The number of imidazole rings is 1. The van der Waals surface area contributed by atoms with Crippen molar-refractivity contribution in [1.29, 1.82) is 0 Å². The molecule has 0 aliphatic carbocycles. The number of benzene rings is 3. The van der Waals surface area contributed by atoms with Crippen molar-refractivity contribution in [1.82, 2.24) is 14.5 Å². The molecule has 0 aliphatic heterocycles. The van der Waals surface area contributed by atoms with Crippen LogP contribution in [0.2, 0.25) is 0 Å². The summed E-state index contributed by atoms with van der Waals surface area (Å²) in [5, 5.41) is 9.61. The largest absolute Gasteiger partial charge is 0.440 e. The zero-order chi connectivity index (χ0) is 32.8. The molecule has 0 saturated heterocycles. The van der Waals surface area contributed by atoms with Gasteiger partial charge in [-0.1, -0.05) is 6.07 Å². The Labute approximate surface area is 252 Å². The third-order valence-corrected chi connectivity index (χ3v) is 7.97. The van der Waals surface area contributed by atoms with Crippen molar-refractivity contribution >= 4 is 9.84 Å². The van der Waals surface area contributed by atoms with Gasteiger partial charge in [0.15, 0.2) is 27.2 Å². The molecule has 0 amide bonds.